The zero-order valence-electron chi connectivity index (χ0n) is 26.9. The summed E-state index contributed by atoms with van der Waals surface area (Å²) in [6.45, 7) is 8.47. The molecular weight excluding hydrogens is 554 g/mol. The van der Waals surface area contributed by atoms with Crippen LogP contribution in [0.3, 0.4) is 0 Å². The number of ether oxygens (including phenoxy) is 1. The monoisotopic (exact) mass is 601 g/mol. The van der Waals surface area contributed by atoms with E-state index in [1.807, 2.05) is 19.2 Å². The number of carbonyl (C=O) groups excluding carboxylic acids is 2. The molecule has 0 bridgehead atoms. The molecule has 5 aliphatic rings. The van der Waals surface area contributed by atoms with E-state index in [1.165, 1.54) is 19.3 Å². The normalized spacial score (nSPS) is 28.0. The van der Waals surface area contributed by atoms with Gasteiger partial charge in [-0.2, -0.15) is 4.98 Å². The molecule has 4 atom stereocenters. The van der Waals surface area contributed by atoms with Gasteiger partial charge in [0.05, 0.1) is 11.9 Å². The fourth-order valence-electron chi connectivity index (χ4n) is 8.58. The topological polar surface area (TPSA) is 103 Å². The van der Waals surface area contributed by atoms with Crippen LogP contribution in [0.2, 0.25) is 0 Å². The average molecular weight is 602 g/mol. The molecule has 0 radical (unpaired) electrons. The van der Waals surface area contributed by atoms with Crippen LogP contribution in [-0.4, -0.2) is 77.6 Å². The van der Waals surface area contributed by atoms with Crippen molar-refractivity contribution in [2.24, 2.45) is 11.8 Å². The van der Waals surface area contributed by atoms with Gasteiger partial charge in [0.2, 0.25) is 11.9 Å². The standard InChI is InChI=1S/C34H47N7O3/c1-6-27-32(43)40(5)28-18-35-33(38-30(28)41(27)23-9-7-8-10-23)37-26-12-11-24(25-17-34(2,3)44-29(25)26)31(42)36-22-15-20-13-14-39(4)19-21(20)16-22/h11-12,18,20-23,27H,6-10,13-17,19H2,1-5H3,(H,36,42)(H,35,37,38)/t20?,21?,22?,27-/m1/s1. The minimum absolute atomic E-state index is 0.0124. The minimum Gasteiger partial charge on any atom is -0.485 e. The third kappa shape index (κ3) is 5.18. The van der Waals surface area contributed by atoms with Crippen molar-refractivity contribution in [2.45, 2.75) is 102 Å². The second-order valence-corrected chi connectivity index (χ2v) is 14.4. The number of hydrogen-bond acceptors (Lipinski definition) is 8. The van der Waals surface area contributed by atoms with Gasteiger partial charge in [-0.3, -0.25) is 9.59 Å². The Kier molecular flexibility index (Phi) is 7.46. The van der Waals surface area contributed by atoms with Crippen molar-refractivity contribution in [2.75, 3.05) is 42.3 Å². The number of nitrogens with one attached hydrogen (secondary N) is 2. The SMILES string of the molecule is CC[C@@H]1C(=O)N(C)c2cnc(Nc3ccc(C(=O)NC4CC5CCN(C)CC5C4)c4c3OC(C)(C)C4)nc2N1C1CCCC1. The summed E-state index contributed by atoms with van der Waals surface area (Å²) < 4.78 is 6.46. The first kappa shape index (κ1) is 29.3. The van der Waals surface area contributed by atoms with Crippen LogP contribution in [0, 0.1) is 11.8 Å². The first-order valence-corrected chi connectivity index (χ1v) is 16.7. The first-order valence-electron chi connectivity index (χ1n) is 16.7. The van der Waals surface area contributed by atoms with E-state index in [9.17, 15) is 9.59 Å². The van der Waals surface area contributed by atoms with Crippen molar-refractivity contribution in [3.63, 3.8) is 0 Å². The van der Waals surface area contributed by atoms with Gasteiger partial charge >= 0.3 is 0 Å². The average Bonchev–Trinajstić information content (AvgIpc) is 3.73. The molecule has 236 valence electrons. The summed E-state index contributed by atoms with van der Waals surface area (Å²) >= 11 is 0. The Bertz CT molecular complexity index is 1450. The second-order valence-electron chi connectivity index (χ2n) is 14.4. The maximum atomic E-state index is 13.7. The lowest BCUT2D eigenvalue weighted by molar-refractivity contribution is -0.120. The van der Waals surface area contributed by atoms with Crippen LogP contribution >= 0.6 is 0 Å². The molecule has 2 aromatic rings. The highest BCUT2D eigenvalue weighted by atomic mass is 16.5. The van der Waals surface area contributed by atoms with E-state index < -0.39 is 5.60 Å². The Labute approximate surface area is 260 Å². The van der Waals surface area contributed by atoms with E-state index >= 15 is 0 Å². The van der Waals surface area contributed by atoms with E-state index in [4.69, 9.17) is 9.72 Å². The van der Waals surface area contributed by atoms with E-state index in [0.29, 0.717) is 41.6 Å². The van der Waals surface area contributed by atoms with Gasteiger partial charge in [0.1, 0.15) is 23.1 Å². The van der Waals surface area contributed by atoms with Crippen molar-refractivity contribution in [3.8, 4) is 5.75 Å². The van der Waals surface area contributed by atoms with Crippen molar-refractivity contribution in [1.29, 1.82) is 0 Å². The summed E-state index contributed by atoms with van der Waals surface area (Å²) in [4.78, 5) is 43.0. The molecule has 4 heterocycles. The Hall–Kier alpha value is -3.40. The number of nitrogens with zero attached hydrogens (tertiary/aromatic N) is 5. The number of piperidine rings is 1. The van der Waals surface area contributed by atoms with Crippen LogP contribution in [0.4, 0.5) is 23.1 Å². The number of benzene rings is 1. The molecule has 2 N–H and O–H groups in total. The van der Waals surface area contributed by atoms with Crippen LogP contribution < -0.4 is 25.2 Å². The second kappa shape index (κ2) is 11.2. The van der Waals surface area contributed by atoms with Gasteiger partial charge in [-0.15, -0.1) is 0 Å². The predicted molar refractivity (Wildman–Crippen MR) is 172 cm³/mol. The Morgan fingerprint density at radius 1 is 1.11 bits per heavy atom. The van der Waals surface area contributed by atoms with E-state index in [1.54, 1.807) is 11.1 Å². The molecule has 2 aliphatic carbocycles. The van der Waals surface area contributed by atoms with Crippen LogP contribution in [0.5, 0.6) is 5.75 Å². The third-order valence-corrected chi connectivity index (χ3v) is 10.7. The summed E-state index contributed by atoms with van der Waals surface area (Å²) in [7, 11) is 4.02. The molecule has 1 aromatic carbocycles. The number of carbonyl (C=O) groups is 2. The molecule has 10 heteroatoms. The molecule has 44 heavy (non-hydrogen) atoms. The molecule has 3 fully saturated rings. The van der Waals surface area contributed by atoms with Gasteiger partial charge in [-0.1, -0.05) is 19.8 Å². The minimum atomic E-state index is -0.435. The van der Waals surface area contributed by atoms with Crippen molar-refractivity contribution < 1.29 is 14.3 Å². The highest BCUT2D eigenvalue weighted by Gasteiger charge is 2.42. The van der Waals surface area contributed by atoms with Crippen molar-refractivity contribution in [1.82, 2.24) is 20.2 Å². The number of fused-ring (bicyclic) bond motifs is 3. The van der Waals surface area contributed by atoms with Gasteiger partial charge in [-0.05, 0) is 89.9 Å². The lowest BCUT2D eigenvalue weighted by atomic mass is 9.89. The van der Waals surface area contributed by atoms with Crippen LogP contribution in [0.25, 0.3) is 0 Å². The van der Waals surface area contributed by atoms with E-state index in [-0.39, 0.29) is 23.9 Å². The van der Waals surface area contributed by atoms with E-state index in [0.717, 1.165) is 67.9 Å². The summed E-state index contributed by atoms with van der Waals surface area (Å²) in [5, 5.41) is 6.81. The summed E-state index contributed by atoms with van der Waals surface area (Å²) in [6, 6.07) is 4.13. The Morgan fingerprint density at radius 3 is 2.66 bits per heavy atom. The lowest BCUT2D eigenvalue weighted by Crippen LogP contribution is -2.55. The molecule has 7 rings (SSSR count). The number of anilines is 4. The van der Waals surface area contributed by atoms with Crippen LogP contribution in [0.15, 0.2) is 18.3 Å². The molecule has 3 unspecified atom stereocenters. The number of amides is 2. The number of hydrogen-bond donors (Lipinski definition) is 2. The van der Waals surface area contributed by atoms with E-state index in [2.05, 4.69) is 53.2 Å². The van der Waals surface area contributed by atoms with Crippen LogP contribution in [0.1, 0.15) is 88.1 Å². The van der Waals surface area contributed by atoms with Gasteiger partial charge < -0.3 is 30.1 Å². The molecule has 1 saturated heterocycles. The summed E-state index contributed by atoms with van der Waals surface area (Å²) in [6.07, 6.45) is 11.0. The fourth-order valence-corrected chi connectivity index (χ4v) is 8.58. The molecule has 3 aliphatic heterocycles. The first-order chi connectivity index (χ1) is 21.1. The van der Waals surface area contributed by atoms with Crippen molar-refractivity contribution >= 4 is 35.0 Å². The molecule has 1 aromatic heterocycles. The number of rotatable bonds is 6. The number of aromatic nitrogens is 2. The molecule has 2 amide bonds. The highest BCUT2D eigenvalue weighted by Crippen LogP contribution is 2.45. The Morgan fingerprint density at radius 2 is 1.89 bits per heavy atom. The zero-order valence-corrected chi connectivity index (χ0v) is 26.9. The summed E-state index contributed by atoms with van der Waals surface area (Å²) in [5.74, 6) is 3.42. The maximum Gasteiger partial charge on any atom is 0.251 e. The molecule has 0 spiro atoms. The Balaban J connectivity index is 1.16. The van der Waals surface area contributed by atoms with Crippen LogP contribution in [-0.2, 0) is 11.2 Å². The number of likely N-dealkylation sites (tertiary alicyclic amines) is 1. The predicted octanol–water partition coefficient (Wildman–Crippen LogP) is 4.90. The quantitative estimate of drug-likeness (QED) is 0.482. The smallest absolute Gasteiger partial charge is 0.251 e. The summed E-state index contributed by atoms with van der Waals surface area (Å²) in [5.41, 5.74) is 2.67. The van der Waals surface area contributed by atoms with Gasteiger partial charge in [0, 0.05) is 43.2 Å². The van der Waals surface area contributed by atoms with Crippen molar-refractivity contribution in [3.05, 3.63) is 29.5 Å². The highest BCUT2D eigenvalue weighted by molar-refractivity contribution is 6.04. The van der Waals surface area contributed by atoms with Gasteiger partial charge in [0.15, 0.2) is 5.82 Å². The zero-order chi connectivity index (χ0) is 30.7. The van der Waals surface area contributed by atoms with Gasteiger partial charge in [0.25, 0.3) is 5.91 Å². The third-order valence-electron chi connectivity index (χ3n) is 10.7. The number of likely N-dealkylation sites (N-methyl/N-ethyl adjacent to an activating group) is 1. The lowest BCUT2D eigenvalue weighted by Gasteiger charge is -2.43. The molecule has 2 saturated carbocycles. The fraction of sp³-hybridized carbons (Fsp3) is 0.647. The molecular formula is C34H47N7O3. The maximum absolute atomic E-state index is 13.7. The largest absolute Gasteiger partial charge is 0.485 e. The van der Waals surface area contributed by atoms with Gasteiger partial charge in [-0.25, -0.2) is 4.98 Å². The molecule has 10 nitrogen and oxygen atoms in total.